The van der Waals surface area contributed by atoms with E-state index in [-0.39, 0.29) is 5.43 Å². The first-order valence-electron chi connectivity index (χ1n) is 11.1. The zero-order valence-electron chi connectivity index (χ0n) is 17.8. The van der Waals surface area contributed by atoms with Crippen molar-refractivity contribution >= 4 is 15.9 Å². The lowest BCUT2D eigenvalue weighted by Gasteiger charge is -2.13. The number of aromatic nitrogens is 1. The van der Waals surface area contributed by atoms with Crippen LogP contribution in [0.1, 0.15) is 114 Å². The summed E-state index contributed by atoms with van der Waals surface area (Å²) in [5.74, 6) is 0. The zero-order valence-corrected chi connectivity index (χ0v) is 19.4. The van der Waals surface area contributed by atoms with Crippen molar-refractivity contribution < 1.29 is 5.21 Å². The van der Waals surface area contributed by atoms with Crippen LogP contribution < -0.4 is 5.43 Å². The van der Waals surface area contributed by atoms with E-state index in [1.165, 1.54) is 77.0 Å². The Morgan fingerprint density at radius 3 is 1.59 bits per heavy atom. The molecule has 1 aromatic heterocycles. The van der Waals surface area contributed by atoms with Gasteiger partial charge in [0.15, 0.2) is 5.43 Å². The second-order valence-electron chi connectivity index (χ2n) is 7.95. The Hall–Kier alpha value is -0.770. The first-order valence-corrected chi connectivity index (χ1v) is 11.9. The second kappa shape index (κ2) is 14.3. The van der Waals surface area contributed by atoms with Crippen LogP contribution in [0.25, 0.3) is 0 Å². The molecule has 0 spiro atoms. The van der Waals surface area contributed by atoms with E-state index in [0.29, 0.717) is 15.9 Å². The summed E-state index contributed by atoms with van der Waals surface area (Å²) >= 11 is 3.31. The van der Waals surface area contributed by atoms with Gasteiger partial charge in [0.1, 0.15) is 0 Å². The van der Waals surface area contributed by atoms with E-state index in [1.807, 2.05) is 6.92 Å². The average molecular weight is 442 g/mol. The van der Waals surface area contributed by atoms with Crippen molar-refractivity contribution in [1.82, 2.24) is 4.73 Å². The van der Waals surface area contributed by atoms with Crippen molar-refractivity contribution in [3.8, 4) is 0 Å². The first-order chi connectivity index (χ1) is 13.0. The molecule has 0 aliphatic rings. The molecule has 0 unspecified atom stereocenters. The molecule has 0 fully saturated rings. The summed E-state index contributed by atoms with van der Waals surface area (Å²) in [6.45, 7) is 5.84. The fraction of sp³-hybridized carbons (Fsp3) is 0.783. The molecule has 1 aromatic rings. The highest BCUT2D eigenvalue weighted by Gasteiger charge is 2.14. The monoisotopic (exact) mass is 441 g/mol. The third-order valence-electron chi connectivity index (χ3n) is 5.64. The molecule has 4 heteroatoms. The lowest BCUT2D eigenvalue weighted by atomic mass is 10.0. The summed E-state index contributed by atoms with van der Waals surface area (Å²) in [7, 11) is 0. The van der Waals surface area contributed by atoms with Crippen molar-refractivity contribution in [2.24, 2.45) is 0 Å². The lowest BCUT2D eigenvalue weighted by molar-refractivity contribution is 0.169. The van der Waals surface area contributed by atoms with Crippen molar-refractivity contribution in [3.63, 3.8) is 0 Å². The van der Waals surface area contributed by atoms with Gasteiger partial charge in [0.25, 0.3) is 0 Å². The van der Waals surface area contributed by atoms with Crippen LogP contribution in [-0.4, -0.2) is 9.94 Å². The molecule has 0 bridgehead atoms. The third kappa shape index (κ3) is 8.85. The van der Waals surface area contributed by atoms with Gasteiger partial charge in [0.2, 0.25) is 0 Å². The molecule has 0 aliphatic heterocycles. The van der Waals surface area contributed by atoms with Gasteiger partial charge in [-0.1, -0.05) is 90.4 Å². The molecule has 0 atom stereocenters. The summed E-state index contributed by atoms with van der Waals surface area (Å²) in [5, 5.41) is 10.1. The summed E-state index contributed by atoms with van der Waals surface area (Å²) in [6.07, 6.45) is 19.4. The van der Waals surface area contributed by atoms with Gasteiger partial charge in [-0.25, -0.2) is 0 Å². The van der Waals surface area contributed by atoms with E-state index < -0.39 is 0 Å². The van der Waals surface area contributed by atoms with Gasteiger partial charge in [0.05, 0.1) is 15.9 Å². The van der Waals surface area contributed by atoms with Gasteiger partial charge in [0, 0.05) is 5.56 Å². The van der Waals surface area contributed by atoms with Gasteiger partial charge in [-0.2, -0.15) is 4.73 Å². The predicted octanol–water partition coefficient (Wildman–Crippen LogP) is 7.49. The van der Waals surface area contributed by atoms with Gasteiger partial charge in [-0.05, 0) is 42.6 Å². The van der Waals surface area contributed by atoms with Crippen LogP contribution in [0.3, 0.4) is 0 Å². The summed E-state index contributed by atoms with van der Waals surface area (Å²) in [6, 6.07) is 0. The maximum atomic E-state index is 12.4. The van der Waals surface area contributed by atoms with E-state index >= 15 is 0 Å². The second-order valence-corrected chi connectivity index (χ2v) is 8.74. The Bertz CT molecular complexity index is 595. The Labute approximate surface area is 174 Å². The number of rotatable bonds is 15. The maximum absolute atomic E-state index is 12.4. The highest BCUT2D eigenvalue weighted by molar-refractivity contribution is 9.10. The zero-order chi connectivity index (χ0) is 20.1. The SMILES string of the molecule is CCCCCCCCCCCCCCCCc1c(C)n(O)c(C)c(Br)c1=O. The van der Waals surface area contributed by atoms with Crippen LogP contribution in [0, 0.1) is 13.8 Å². The van der Waals surface area contributed by atoms with Gasteiger partial charge in [-0.3, -0.25) is 4.79 Å². The standard InChI is InChI=1S/C23H40BrNO2/c1-4-5-6-7-8-9-10-11-12-13-14-15-16-17-18-21-19(2)25(27)20(3)22(24)23(21)26/h27H,4-18H2,1-3H3. The minimum atomic E-state index is 0.0324. The molecular formula is C23H40BrNO2. The number of pyridine rings is 1. The van der Waals surface area contributed by atoms with Gasteiger partial charge < -0.3 is 5.21 Å². The Morgan fingerprint density at radius 1 is 0.741 bits per heavy atom. The maximum Gasteiger partial charge on any atom is 0.199 e. The van der Waals surface area contributed by atoms with Crippen LogP contribution in [-0.2, 0) is 6.42 Å². The van der Waals surface area contributed by atoms with Crippen LogP contribution in [0.15, 0.2) is 9.27 Å². The molecule has 1 heterocycles. The summed E-state index contributed by atoms with van der Waals surface area (Å²) in [5.41, 5.74) is 2.02. The largest absolute Gasteiger partial charge is 0.428 e. The average Bonchev–Trinajstić information content (AvgIpc) is 2.67. The Balaban J connectivity index is 2.06. The topological polar surface area (TPSA) is 42.2 Å². The molecular weight excluding hydrogens is 402 g/mol. The van der Waals surface area contributed by atoms with E-state index in [0.717, 1.165) is 29.6 Å². The van der Waals surface area contributed by atoms with E-state index in [9.17, 15) is 10.0 Å². The number of hydrogen-bond acceptors (Lipinski definition) is 2. The molecule has 156 valence electrons. The number of nitrogens with zero attached hydrogens (tertiary/aromatic N) is 1. The van der Waals surface area contributed by atoms with Crippen molar-refractivity contribution in [1.29, 1.82) is 0 Å². The quantitative estimate of drug-likeness (QED) is 0.226. The number of hydrogen-bond donors (Lipinski definition) is 1. The predicted molar refractivity (Wildman–Crippen MR) is 119 cm³/mol. The van der Waals surface area contributed by atoms with Crippen LogP contribution >= 0.6 is 15.9 Å². The minimum absolute atomic E-state index is 0.0324. The Kier molecular flexibility index (Phi) is 12.8. The molecule has 3 nitrogen and oxygen atoms in total. The number of halogens is 1. The minimum Gasteiger partial charge on any atom is -0.428 e. The smallest absolute Gasteiger partial charge is 0.199 e. The lowest BCUT2D eigenvalue weighted by Crippen LogP contribution is -2.20. The normalized spacial score (nSPS) is 11.3. The summed E-state index contributed by atoms with van der Waals surface area (Å²) < 4.78 is 1.61. The molecule has 1 N–H and O–H groups in total. The third-order valence-corrected chi connectivity index (χ3v) is 6.58. The van der Waals surface area contributed by atoms with E-state index in [2.05, 4.69) is 22.9 Å². The van der Waals surface area contributed by atoms with Crippen molar-refractivity contribution in [2.45, 2.75) is 117 Å². The Morgan fingerprint density at radius 2 is 1.15 bits per heavy atom. The van der Waals surface area contributed by atoms with Crippen LogP contribution in [0.5, 0.6) is 0 Å². The van der Waals surface area contributed by atoms with Crippen LogP contribution in [0.2, 0.25) is 0 Å². The molecule has 0 saturated heterocycles. The van der Waals surface area contributed by atoms with Gasteiger partial charge >= 0.3 is 0 Å². The number of unbranched alkanes of at least 4 members (excludes halogenated alkanes) is 13. The first kappa shape index (κ1) is 24.3. The van der Waals surface area contributed by atoms with Crippen LogP contribution in [0.4, 0.5) is 0 Å². The molecule has 1 rings (SSSR count). The summed E-state index contributed by atoms with van der Waals surface area (Å²) in [4.78, 5) is 12.4. The highest BCUT2D eigenvalue weighted by Crippen LogP contribution is 2.18. The fourth-order valence-corrected chi connectivity index (χ4v) is 4.13. The highest BCUT2D eigenvalue weighted by atomic mass is 79.9. The van der Waals surface area contributed by atoms with Crippen molar-refractivity contribution in [3.05, 3.63) is 31.6 Å². The molecule has 0 saturated carbocycles. The van der Waals surface area contributed by atoms with E-state index in [4.69, 9.17) is 0 Å². The molecule has 0 aliphatic carbocycles. The molecule has 0 radical (unpaired) electrons. The fourth-order valence-electron chi connectivity index (χ4n) is 3.72. The molecule has 0 amide bonds. The molecule has 0 aromatic carbocycles. The van der Waals surface area contributed by atoms with E-state index in [1.54, 1.807) is 6.92 Å². The van der Waals surface area contributed by atoms with Crippen molar-refractivity contribution in [2.75, 3.05) is 0 Å². The molecule has 27 heavy (non-hydrogen) atoms. The van der Waals surface area contributed by atoms with Gasteiger partial charge in [-0.15, -0.1) is 0 Å².